The lowest BCUT2D eigenvalue weighted by Crippen LogP contribution is -2.41. The molecule has 1 aliphatic rings. The van der Waals surface area contributed by atoms with E-state index in [1.165, 1.54) is 22.7 Å². The number of nitrogens with one attached hydrogen (secondary N) is 1. The first-order valence-corrected chi connectivity index (χ1v) is 11.5. The van der Waals surface area contributed by atoms with Gasteiger partial charge in [0, 0.05) is 46.9 Å². The van der Waals surface area contributed by atoms with E-state index in [-0.39, 0.29) is 17.7 Å². The van der Waals surface area contributed by atoms with Crippen LogP contribution in [0.25, 0.3) is 0 Å². The van der Waals surface area contributed by atoms with Gasteiger partial charge in [0.25, 0.3) is 5.91 Å². The van der Waals surface area contributed by atoms with Gasteiger partial charge in [-0.2, -0.15) is 11.3 Å². The molecule has 3 heterocycles. The average molecular weight is 446 g/mol. The molecule has 1 fully saturated rings. The van der Waals surface area contributed by atoms with E-state index in [4.69, 9.17) is 11.6 Å². The molecule has 1 aromatic carbocycles. The molecule has 2 amide bonds. The van der Waals surface area contributed by atoms with Crippen LogP contribution in [0.3, 0.4) is 0 Å². The van der Waals surface area contributed by atoms with Gasteiger partial charge in [0.15, 0.2) is 5.13 Å². The Hall–Kier alpha value is -2.22. The van der Waals surface area contributed by atoms with Crippen LogP contribution >= 0.6 is 34.3 Å². The summed E-state index contributed by atoms with van der Waals surface area (Å²) in [5.74, 6) is -0.0713. The fraction of sp³-hybridized carbons (Fsp3) is 0.286. The van der Waals surface area contributed by atoms with E-state index < -0.39 is 0 Å². The number of anilines is 1. The van der Waals surface area contributed by atoms with Crippen molar-refractivity contribution < 1.29 is 9.59 Å². The van der Waals surface area contributed by atoms with Crippen LogP contribution in [0, 0.1) is 5.92 Å². The number of amides is 2. The summed E-state index contributed by atoms with van der Waals surface area (Å²) in [5.41, 5.74) is 1.77. The van der Waals surface area contributed by atoms with Crippen molar-refractivity contribution in [2.45, 2.75) is 19.3 Å². The summed E-state index contributed by atoms with van der Waals surface area (Å²) in [4.78, 5) is 32.3. The largest absolute Gasteiger partial charge is 0.339 e. The molecule has 3 aromatic rings. The van der Waals surface area contributed by atoms with Crippen LogP contribution in [0.5, 0.6) is 0 Å². The van der Waals surface area contributed by atoms with E-state index in [0.717, 1.165) is 21.0 Å². The topological polar surface area (TPSA) is 62.3 Å². The van der Waals surface area contributed by atoms with Crippen molar-refractivity contribution in [2.24, 2.45) is 5.92 Å². The van der Waals surface area contributed by atoms with Crippen molar-refractivity contribution in [1.82, 2.24) is 9.88 Å². The van der Waals surface area contributed by atoms with Gasteiger partial charge in [0.2, 0.25) is 5.91 Å². The first-order chi connectivity index (χ1) is 14.1. The molecule has 0 atom stereocenters. The van der Waals surface area contributed by atoms with Crippen LogP contribution in [-0.2, 0) is 11.2 Å². The molecule has 2 aromatic heterocycles. The zero-order valence-electron chi connectivity index (χ0n) is 15.6. The highest BCUT2D eigenvalue weighted by atomic mass is 35.5. The molecule has 0 unspecified atom stereocenters. The molecule has 0 saturated carbocycles. The maximum atomic E-state index is 12.6. The molecule has 5 nitrogen and oxygen atoms in total. The standard InChI is InChI=1S/C21H20ClN3O2S2/c22-18-4-2-1-3-15(18)11-17-12-23-21(29-17)24-19(26)14-5-8-25(9-6-14)20(27)16-7-10-28-13-16/h1-4,7,10,12-14H,5-6,8-9,11H2,(H,23,24,26). The number of benzene rings is 1. The Morgan fingerprint density at radius 1 is 1.21 bits per heavy atom. The third-order valence-electron chi connectivity index (χ3n) is 5.03. The van der Waals surface area contributed by atoms with Gasteiger partial charge in [-0.3, -0.25) is 9.59 Å². The van der Waals surface area contributed by atoms with Gasteiger partial charge in [0.1, 0.15) is 0 Å². The monoisotopic (exact) mass is 445 g/mol. The number of halogens is 1. The summed E-state index contributed by atoms with van der Waals surface area (Å²) in [5, 5.41) is 8.04. The van der Waals surface area contributed by atoms with Crippen molar-refractivity contribution in [2.75, 3.05) is 18.4 Å². The fourth-order valence-corrected chi connectivity index (χ4v) is 5.07. The average Bonchev–Trinajstić information content (AvgIpc) is 3.42. The molecule has 1 N–H and O–H groups in total. The third-order valence-corrected chi connectivity index (χ3v) is 6.99. The number of hydrogen-bond acceptors (Lipinski definition) is 5. The van der Waals surface area contributed by atoms with Gasteiger partial charge >= 0.3 is 0 Å². The second-order valence-electron chi connectivity index (χ2n) is 6.97. The van der Waals surface area contributed by atoms with Crippen molar-refractivity contribution in [3.8, 4) is 0 Å². The first kappa shape index (κ1) is 20.1. The van der Waals surface area contributed by atoms with Crippen LogP contribution in [-0.4, -0.2) is 34.8 Å². The molecule has 0 radical (unpaired) electrons. The number of carbonyl (C=O) groups is 2. The van der Waals surface area contributed by atoms with Crippen molar-refractivity contribution >= 4 is 51.2 Å². The van der Waals surface area contributed by atoms with E-state index in [2.05, 4.69) is 10.3 Å². The van der Waals surface area contributed by atoms with Crippen molar-refractivity contribution in [1.29, 1.82) is 0 Å². The van der Waals surface area contributed by atoms with Crippen LogP contribution in [0.15, 0.2) is 47.3 Å². The number of hydrogen-bond donors (Lipinski definition) is 1. The number of rotatable bonds is 5. The highest BCUT2D eigenvalue weighted by Gasteiger charge is 2.28. The number of piperidine rings is 1. The molecular formula is C21H20ClN3O2S2. The minimum atomic E-state index is -0.0996. The van der Waals surface area contributed by atoms with Crippen molar-refractivity contribution in [3.63, 3.8) is 0 Å². The number of thiazole rings is 1. The minimum Gasteiger partial charge on any atom is -0.339 e. The normalized spacial score (nSPS) is 14.7. The van der Waals surface area contributed by atoms with E-state index >= 15 is 0 Å². The van der Waals surface area contributed by atoms with Crippen LogP contribution < -0.4 is 5.32 Å². The summed E-state index contributed by atoms with van der Waals surface area (Å²) >= 11 is 9.20. The van der Waals surface area contributed by atoms with Crippen molar-refractivity contribution in [3.05, 3.63) is 68.3 Å². The summed E-state index contributed by atoms with van der Waals surface area (Å²) in [7, 11) is 0. The molecule has 150 valence electrons. The maximum absolute atomic E-state index is 12.6. The lowest BCUT2D eigenvalue weighted by Gasteiger charge is -2.31. The predicted octanol–water partition coefficient (Wildman–Crippen LogP) is 4.94. The zero-order valence-corrected chi connectivity index (χ0v) is 18.0. The third kappa shape index (κ3) is 4.86. The summed E-state index contributed by atoms with van der Waals surface area (Å²) in [6.07, 6.45) is 3.81. The summed E-state index contributed by atoms with van der Waals surface area (Å²) in [6.45, 7) is 1.20. The number of nitrogens with zero attached hydrogens (tertiary/aromatic N) is 2. The molecule has 1 saturated heterocycles. The summed E-state index contributed by atoms with van der Waals surface area (Å²) < 4.78 is 0. The minimum absolute atomic E-state index is 0.0220. The van der Waals surface area contributed by atoms with Gasteiger partial charge in [-0.25, -0.2) is 4.98 Å². The second kappa shape index (κ2) is 9.07. The van der Waals surface area contributed by atoms with Gasteiger partial charge in [-0.15, -0.1) is 11.3 Å². The molecular weight excluding hydrogens is 426 g/mol. The SMILES string of the molecule is O=C(Nc1ncc(Cc2ccccc2Cl)s1)C1CCN(C(=O)c2ccsc2)CC1. The molecule has 29 heavy (non-hydrogen) atoms. The number of likely N-dealkylation sites (tertiary alicyclic amines) is 1. The Morgan fingerprint density at radius 2 is 2.00 bits per heavy atom. The van der Waals surface area contributed by atoms with E-state index in [0.29, 0.717) is 37.5 Å². The maximum Gasteiger partial charge on any atom is 0.254 e. The molecule has 4 rings (SSSR count). The van der Waals surface area contributed by atoms with Crippen LogP contribution in [0.1, 0.15) is 33.6 Å². The number of thiophene rings is 1. The van der Waals surface area contributed by atoms with Crippen LogP contribution in [0.2, 0.25) is 5.02 Å². The summed E-state index contributed by atoms with van der Waals surface area (Å²) in [6, 6.07) is 9.57. The first-order valence-electron chi connectivity index (χ1n) is 9.40. The molecule has 0 bridgehead atoms. The molecule has 1 aliphatic heterocycles. The van der Waals surface area contributed by atoms with E-state index in [1.54, 1.807) is 6.20 Å². The predicted molar refractivity (Wildman–Crippen MR) is 118 cm³/mol. The highest BCUT2D eigenvalue weighted by Crippen LogP contribution is 2.26. The van der Waals surface area contributed by atoms with E-state index in [9.17, 15) is 9.59 Å². The van der Waals surface area contributed by atoms with Gasteiger partial charge in [0.05, 0.1) is 5.56 Å². The van der Waals surface area contributed by atoms with Gasteiger partial charge < -0.3 is 10.2 Å². The Labute approximate surface area is 182 Å². The zero-order chi connectivity index (χ0) is 20.2. The van der Waals surface area contributed by atoms with Gasteiger partial charge in [-0.1, -0.05) is 29.8 Å². The van der Waals surface area contributed by atoms with Crippen LogP contribution in [0.4, 0.5) is 5.13 Å². The number of carbonyl (C=O) groups excluding carboxylic acids is 2. The Kier molecular flexibility index (Phi) is 6.28. The second-order valence-corrected chi connectivity index (χ2v) is 9.27. The lowest BCUT2D eigenvalue weighted by atomic mass is 9.95. The Morgan fingerprint density at radius 3 is 2.72 bits per heavy atom. The molecule has 8 heteroatoms. The Balaban J connectivity index is 1.30. The quantitative estimate of drug-likeness (QED) is 0.605. The van der Waals surface area contributed by atoms with E-state index in [1.807, 2.05) is 46.0 Å². The highest BCUT2D eigenvalue weighted by molar-refractivity contribution is 7.15. The lowest BCUT2D eigenvalue weighted by molar-refractivity contribution is -0.121. The van der Waals surface area contributed by atoms with Gasteiger partial charge in [-0.05, 0) is 35.9 Å². The fourth-order valence-electron chi connectivity index (χ4n) is 3.40. The number of aromatic nitrogens is 1. The molecule has 0 aliphatic carbocycles. The smallest absolute Gasteiger partial charge is 0.254 e. The molecule has 0 spiro atoms. The Bertz CT molecular complexity index is 995.